The molecular formula is C18H26N3O2+. The van der Waals surface area contributed by atoms with Gasteiger partial charge in [-0.25, -0.2) is 0 Å². The van der Waals surface area contributed by atoms with Crippen LogP contribution in [0.3, 0.4) is 0 Å². The van der Waals surface area contributed by atoms with Gasteiger partial charge in [-0.1, -0.05) is 25.5 Å². The molecule has 2 aliphatic rings. The van der Waals surface area contributed by atoms with Crippen LogP contribution in [0.4, 0.5) is 11.4 Å². The number of hydrogen-bond donors (Lipinski definition) is 2. The number of carbonyl (C=O) groups excluding carboxylic acids is 2. The van der Waals surface area contributed by atoms with Gasteiger partial charge in [0.2, 0.25) is 5.91 Å². The summed E-state index contributed by atoms with van der Waals surface area (Å²) in [5.41, 5.74) is 1.52. The number of fused-ring (bicyclic) bond motifs is 1. The first-order valence-electron chi connectivity index (χ1n) is 8.61. The van der Waals surface area contributed by atoms with E-state index in [4.69, 9.17) is 0 Å². The lowest BCUT2D eigenvalue weighted by atomic mass is 9.85. The normalized spacial score (nSPS) is 25.5. The summed E-state index contributed by atoms with van der Waals surface area (Å²) in [7, 11) is 0. The molecule has 0 bridgehead atoms. The van der Waals surface area contributed by atoms with Crippen molar-refractivity contribution in [1.82, 2.24) is 0 Å². The number of amides is 2. The SMILES string of the molecule is C[C@H]([NH2+][C@H]1CCCC[C@@H]1C)C(=O)N1CC(=O)Nc2ccccc21. The molecule has 0 spiro atoms. The molecule has 0 saturated heterocycles. The maximum Gasteiger partial charge on any atom is 0.285 e. The fraction of sp³-hybridized carbons (Fsp3) is 0.556. The lowest BCUT2D eigenvalue weighted by Crippen LogP contribution is -2.98. The van der Waals surface area contributed by atoms with Crippen LogP contribution in [-0.4, -0.2) is 30.4 Å². The Balaban J connectivity index is 1.73. The monoisotopic (exact) mass is 316 g/mol. The van der Waals surface area contributed by atoms with Crippen molar-refractivity contribution < 1.29 is 14.9 Å². The molecule has 2 amide bonds. The highest BCUT2D eigenvalue weighted by molar-refractivity contribution is 6.10. The molecule has 1 aliphatic heterocycles. The maximum atomic E-state index is 12.9. The summed E-state index contributed by atoms with van der Waals surface area (Å²) in [4.78, 5) is 26.4. The Morgan fingerprint density at radius 2 is 2.04 bits per heavy atom. The van der Waals surface area contributed by atoms with Crippen LogP contribution in [0, 0.1) is 5.92 Å². The number of quaternary nitrogens is 1. The van der Waals surface area contributed by atoms with Crippen molar-refractivity contribution in [3.8, 4) is 0 Å². The third-order valence-electron chi connectivity index (χ3n) is 5.14. The molecule has 1 fully saturated rings. The second-order valence-electron chi connectivity index (χ2n) is 6.90. The highest BCUT2D eigenvalue weighted by atomic mass is 16.2. The average Bonchev–Trinajstić information content (AvgIpc) is 2.55. The molecule has 3 N–H and O–H groups in total. The zero-order valence-corrected chi connectivity index (χ0v) is 13.9. The van der Waals surface area contributed by atoms with Crippen LogP contribution < -0.4 is 15.5 Å². The minimum absolute atomic E-state index is 0.0186. The molecule has 1 heterocycles. The smallest absolute Gasteiger partial charge is 0.285 e. The number of nitrogens with two attached hydrogens (primary N) is 1. The second-order valence-corrected chi connectivity index (χ2v) is 6.90. The standard InChI is InChI=1S/C18H25N3O2/c1-12-7-3-4-8-14(12)19-13(2)18(23)21-11-17(22)20-15-9-5-6-10-16(15)21/h5-6,9-10,12-14,19H,3-4,7-8,11H2,1-2H3,(H,20,22)/p+1/t12-,13-,14-/m0/s1. The van der Waals surface area contributed by atoms with Gasteiger partial charge >= 0.3 is 0 Å². The van der Waals surface area contributed by atoms with Gasteiger partial charge in [0, 0.05) is 5.92 Å². The van der Waals surface area contributed by atoms with E-state index in [-0.39, 0.29) is 24.4 Å². The molecule has 5 heteroatoms. The second kappa shape index (κ2) is 6.71. The number of nitrogens with one attached hydrogen (secondary N) is 1. The fourth-order valence-corrected chi connectivity index (χ4v) is 3.76. The van der Waals surface area contributed by atoms with Crippen molar-refractivity contribution >= 4 is 23.2 Å². The van der Waals surface area contributed by atoms with Crippen LogP contribution in [-0.2, 0) is 9.59 Å². The summed E-state index contributed by atoms with van der Waals surface area (Å²) in [6.07, 6.45) is 4.97. The van der Waals surface area contributed by atoms with Crippen LogP contribution >= 0.6 is 0 Å². The predicted molar refractivity (Wildman–Crippen MR) is 90.2 cm³/mol. The molecule has 1 aromatic rings. The molecule has 124 valence electrons. The van der Waals surface area contributed by atoms with E-state index in [9.17, 15) is 9.59 Å². The third-order valence-corrected chi connectivity index (χ3v) is 5.14. The van der Waals surface area contributed by atoms with Crippen LogP contribution in [0.5, 0.6) is 0 Å². The van der Waals surface area contributed by atoms with Gasteiger partial charge in [0.25, 0.3) is 5.91 Å². The maximum absolute atomic E-state index is 12.9. The van der Waals surface area contributed by atoms with Gasteiger partial charge in [0.1, 0.15) is 6.54 Å². The molecule has 5 nitrogen and oxygen atoms in total. The van der Waals surface area contributed by atoms with Crippen molar-refractivity contribution in [1.29, 1.82) is 0 Å². The molecule has 0 unspecified atom stereocenters. The zero-order valence-electron chi connectivity index (χ0n) is 13.9. The number of nitrogens with zero attached hydrogens (tertiary/aromatic N) is 1. The lowest BCUT2D eigenvalue weighted by Gasteiger charge is -2.33. The number of para-hydroxylation sites is 2. The molecule has 3 atom stereocenters. The summed E-state index contributed by atoms with van der Waals surface area (Å²) in [5.74, 6) is 0.538. The predicted octanol–water partition coefficient (Wildman–Crippen LogP) is 1.50. The highest BCUT2D eigenvalue weighted by Gasteiger charge is 2.34. The van der Waals surface area contributed by atoms with Gasteiger partial charge in [0.15, 0.2) is 6.04 Å². The van der Waals surface area contributed by atoms with E-state index in [0.717, 1.165) is 11.4 Å². The Hall–Kier alpha value is -1.88. The van der Waals surface area contributed by atoms with E-state index >= 15 is 0 Å². The van der Waals surface area contributed by atoms with Crippen molar-refractivity contribution in [2.75, 3.05) is 16.8 Å². The molecule has 0 radical (unpaired) electrons. The lowest BCUT2D eigenvalue weighted by molar-refractivity contribution is -0.714. The Kier molecular flexibility index (Phi) is 4.66. The van der Waals surface area contributed by atoms with E-state index in [2.05, 4.69) is 17.6 Å². The van der Waals surface area contributed by atoms with E-state index in [0.29, 0.717) is 12.0 Å². The summed E-state index contributed by atoms with van der Waals surface area (Å²) in [6.45, 7) is 4.34. The first kappa shape index (κ1) is 16.0. The van der Waals surface area contributed by atoms with Gasteiger partial charge < -0.3 is 10.6 Å². The van der Waals surface area contributed by atoms with Crippen molar-refractivity contribution in [3.05, 3.63) is 24.3 Å². The minimum atomic E-state index is -0.167. The molecule has 0 aromatic heterocycles. The van der Waals surface area contributed by atoms with E-state index in [1.807, 2.05) is 31.2 Å². The van der Waals surface area contributed by atoms with Gasteiger partial charge in [-0.3, -0.25) is 14.5 Å². The summed E-state index contributed by atoms with van der Waals surface area (Å²) < 4.78 is 0. The topological polar surface area (TPSA) is 66.0 Å². The number of anilines is 2. The van der Waals surface area contributed by atoms with Gasteiger partial charge in [-0.2, -0.15) is 0 Å². The Labute approximate surface area is 137 Å². The summed E-state index contributed by atoms with van der Waals surface area (Å²) in [5, 5.41) is 5.04. The van der Waals surface area contributed by atoms with Gasteiger partial charge in [0.05, 0.1) is 17.4 Å². The third kappa shape index (κ3) is 3.39. The van der Waals surface area contributed by atoms with Crippen LogP contribution in [0.25, 0.3) is 0 Å². The van der Waals surface area contributed by atoms with Gasteiger partial charge in [-0.15, -0.1) is 0 Å². The van der Waals surface area contributed by atoms with Gasteiger partial charge in [-0.05, 0) is 38.3 Å². The van der Waals surface area contributed by atoms with Crippen LogP contribution in [0.15, 0.2) is 24.3 Å². The minimum Gasteiger partial charge on any atom is -0.334 e. The molecule has 1 aliphatic carbocycles. The fourth-order valence-electron chi connectivity index (χ4n) is 3.76. The number of rotatable bonds is 3. The van der Waals surface area contributed by atoms with E-state index in [1.54, 1.807) is 4.90 Å². The average molecular weight is 316 g/mol. The number of hydrogen-bond acceptors (Lipinski definition) is 2. The number of benzene rings is 1. The Morgan fingerprint density at radius 3 is 2.83 bits per heavy atom. The highest BCUT2D eigenvalue weighted by Crippen LogP contribution is 2.29. The first-order valence-corrected chi connectivity index (χ1v) is 8.61. The molecular weight excluding hydrogens is 290 g/mol. The van der Waals surface area contributed by atoms with Crippen LogP contribution in [0.2, 0.25) is 0 Å². The zero-order chi connectivity index (χ0) is 16.4. The largest absolute Gasteiger partial charge is 0.334 e. The number of carbonyl (C=O) groups is 2. The molecule has 1 aromatic carbocycles. The van der Waals surface area contributed by atoms with Crippen molar-refractivity contribution in [2.24, 2.45) is 5.92 Å². The Morgan fingerprint density at radius 1 is 1.30 bits per heavy atom. The molecule has 3 rings (SSSR count). The molecule has 23 heavy (non-hydrogen) atoms. The Bertz CT molecular complexity index is 602. The van der Waals surface area contributed by atoms with E-state index < -0.39 is 0 Å². The molecule has 1 saturated carbocycles. The summed E-state index contributed by atoms with van der Waals surface area (Å²) in [6, 6.07) is 7.84. The first-order chi connectivity index (χ1) is 11.1. The van der Waals surface area contributed by atoms with E-state index in [1.165, 1.54) is 25.7 Å². The summed E-state index contributed by atoms with van der Waals surface area (Å²) >= 11 is 0. The van der Waals surface area contributed by atoms with Crippen LogP contribution in [0.1, 0.15) is 39.5 Å². The van der Waals surface area contributed by atoms with Crippen molar-refractivity contribution in [3.63, 3.8) is 0 Å². The quantitative estimate of drug-likeness (QED) is 0.887. The van der Waals surface area contributed by atoms with Crippen molar-refractivity contribution in [2.45, 2.75) is 51.6 Å².